The van der Waals surface area contributed by atoms with E-state index in [9.17, 15) is 0 Å². The van der Waals surface area contributed by atoms with E-state index in [1.165, 1.54) is 0 Å². The molecule has 100 valence electrons. The van der Waals surface area contributed by atoms with Crippen molar-refractivity contribution in [1.82, 2.24) is 4.98 Å². The third kappa shape index (κ3) is 3.11. The van der Waals surface area contributed by atoms with E-state index in [4.69, 9.17) is 33.7 Å². The zero-order valence-electron chi connectivity index (χ0n) is 10.5. The van der Waals surface area contributed by atoms with Crippen LogP contribution in [0.25, 0.3) is 11.3 Å². The average Bonchev–Trinajstić information content (AvgIpc) is 2.41. The summed E-state index contributed by atoms with van der Waals surface area (Å²) >= 11 is 12.1. The molecular weight excluding hydrogens is 283 g/mol. The lowest BCUT2D eigenvalue weighted by Crippen LogP contribution is -1.99. The fourth-order valence-electron chi connectivity index (χ4n) is 1.67. The van der Waals surface area contributed by atoms with Crippen LogP contribution in [0.2, 0.25) is 10.0 Å². The molecule has 1 aromatic heterocycles. The molecular formula is C14H14Cl2N2O. The summed E-state index contributed by atoms with van der Waals surface area (Å²) in [5.74, 6) is 0.992. The Labute approximate surface area is 122 Å². The van der Waals surface area contributed by atoms with E-state index in [1.807, 2.05) is 31.2 Å². The molecule has 3 nitrogen and oxygen atoms in total. The second-order valence-corrected chi connectivity index (χ2v) is 4.84. The lowest BCUT2D eigenvalue weighted by molar-refractivity contribution is 0.318. The predicted octanol–water partition coefficient (Wildman–Crippen LogP) is 4.43. The van der Waals surface area contributed by atoms with Gasteiger partial charge in [0.05, 0.1) is 22.3 Å². The van der Waals surface area contributed by atoms with Crippen LogP contribution in [0.4, 0.5) is 5.82 Å². The number of hydrogen-bond donors (Lipinski definition) is 1. The smallest absolute Gasteiger partial charge is 0.143 e. The maximum Gasteiger partial charge on any atom is 0.143 e. The van der Waals surface area contributed by atoms with Gasteiger partial charge in [0.2, 0.25) is 0 Å². The molecule has 5 heteroatoms. The standard InChI is InChI=1S/C14H14Cl2N2O/c1-2-7-19-12-6-4-3-5-9(12)13-10(15)8-11(16)14(17)18-13/h3-6,8H,2,7H2,1H3,(H2,17,18). The molecule has 19 heavy (non-hydrogen) atoms. The number of benzene rings is 1. The van der Waals surface area contributed by atoms with Gasteiger partial charge in [0.1, 0.15) is 11.6 Å². The van der Waals surface area contributed by atoms with Crippen molar-refractivity contribution in [3.8, 4) is 17.0 Å². The van der Waals surface area contributed by atoms with Crippen LogP contribution in [-0.2, 0) is 0 Å². The molecule has 0 unspecified atom stereocenters. The highest BCUT2D eigenvalue weighted by Gasteiger charge is 2.13. The number of ether oxygens (including phenoxy) is 1. The third-order valence-corrected chi connectivity index (χ3v) is 3.15. The molecule has 1 heterocycles. The molecule has 0 amide bonds. The highest BCUT2D eigenvalue weighted by Crippen LogP contribution is 2.36. The molecule has 2 aromatic rings. The summed E-state index contributed by atoms with van der Waals surface area (Å²) in [6.45, 7) is 2.69. The van der Waals surface area contributed by atoms with E-state index in [2.05, 4.69) is 4.98 Å². The Kier molecular flexibility index (Phi) is 4.51. The minimum Gasteiger partial charge on any atom is -0.493 e. The summed E-state index contributed by atoms with van der Waals surface area (Å²) in [6, 6.07) is 9.18. The first-order valence-electron chi connectivity index (χ1n) is 5.97. The van der Waals surface area contributed by atoms with Crippen molar-refractivity contribution in [2.24, 2.45) is 0 Å². The van der Waals surface area contributed by atoms with E-state index in [0.29, 0.717) is 22.3 Å². The van der Waals surface area contributed by atoms with Gasteiger partial charge >= 0.3 is 0 Å². The number of nitrogen functional groups attached to an aromatic ring is 1. The van der Waals surface area contributed by atoms with E-state index < -0.39 is 0 Å². The first-order valence-corrected chi connectivity index (χ1v) is 6.72. The number of halogens is 2. The minimum atomic E-state index is 0.256. The van der Waals surface area contributed by atoms with E-state index in [0.717, 1.165) is 17.7 Å². The van der Waals surface area contributed by atoms with Gasteiger partial charge in [0.25, 0.3) is 0 Å². The number of pyridine rings is 1. The van der Waals surface area contributed by atoms with Crippen molar-refractivity contribution in [3.63, 3.8) is 0 Å². The average molecular weight is 297 g/mol. The Hall–Kier alpha value is -1.45. The van der Waals surface area contributed by atoms with Gasteiger partial charge in [-0.3, -0.25) is 0 Å². The van der Waals surface area contributed by atoms with Gasteiger partial charge in [0.15, 0.2) is 0 Å². The minimum absolute atomic E-state index is 0.256. The Morgan fingerprint density at radius 3 is 2.68 bits per heavy atom. The SMILES string of the molecule is CCCOc1ccccc1-c1nc(N)c(Cl)cc1Cl. The van der Waals surface area contributed by atoms with Gasteiger partial charge in [-0.1, -0.05) is 42.3 Å². The lowest BCUT2D eigenvalue weighted by Gasteiger charge is -2.12. The van der Waals surface area contributed by atoms with E-state index in [-0.39, 0.29) is 5.82 Å². The highest BCUT2D eigenvalue weighted by molar-refractivity contribution is 6.37. The quantitative estimate of drug-likeness (QED) is 0.908. The monoisotopic (exact) mass is 296 g/mol. The molecule has 0 radical (unpaired) electrons. The molecule has 0 aliphatic heterocycles. The first kappa shape index (κ1) is 14.0. The van der Waals surface area contributed by atoms with Crippen LogP contribution >= 0.6 is 23.2 Å². The predicted molar refractivity (Wildman–Crippen MR) is 79.9 cm³/mol. The summed E-state index contributed by atoms with van der Waals surface area (Å²) in [5.41, 5.74) is 7.12. The number of anilines is 1. The normalized spacial score (nSPS) is 10.5. The molecule has 0 atom stereocenters. The fraction of sp³-hybridized carbons (Fsp3) is 0.214. The molecule has 0 spiro atoms. The molecule has 0 aliphatic carbocycles. The van der Waals surface area contributed by atoms with Crippen molar-refractivity contribution in [2.45, 2.75) is 13.3 Å². The van der Waals surface area contributed by atoms with Crippen LogP contribution in [-0.4, -0.2) is 11.6 Å². The largest absolute Gasteiger partial charge is 0.493 e. The van der Waals surface area contributed by atoms with Gasteiger partial charge in [-0.05, 0) is 24.6 Å². The van der Waals surface area contributed by atoms with Crippen LogP contribution in [0.15, 0.2) is 30.3 Å². The van der Waals surface area contributed by atoms with Crippen molar-refractivity contribution in [2.75, 3.05) is 12.3 Å². The molecule has 2 N–H and O–H groups in total. The molecule has 0 bridgehead atoms. The maximum absolute atomic E-state index is 6.18. The molecule has 0 fully saturated rings. The molecule has 2 rings (SSSR count). The van der Waals surface area contributed by atoms with Crippen LogP contribution in [0.5, 0.6) is 5.75 Å². The van der Waals surface area contributed by atoms with Crippen LogP contribution in [0, 0.1) is 0 Å². The number of para-hydroxylation sites is 1. The topological polar surface area (TPSA) is 48.1 Å². The first-order chi connectivity index (χ1) is 9.13. The molecule has 0 saturated carbocycles. The second-order valence-electron chi connectivity index (χ2n) is 4.03. The van der Waals surface area contributed by atoms with E-state index in [1.54, 1.807) is 6.07 Å². The van der Waals surface area contributed by atoms with Crippen LogP contribution in [0.3, 0.4) is 0 Å². The Bertz CT molecular complexity index is 588. The van der Waals surface area contributed by atoms with Gasteiger partial charge < -0.3 is 10.5 Å². The van der Waals surface area contributed by atoms with Crippen molar-refractivity contribution < 1.29 is 4.74 Å². The molecule has 0 aliphatic rings. The Morgan fingerprint density at radius 1 is 1.21 bits per heavy atom. The Morgan fingerprint density at radius 2 is 1.95 bits per heavy atom. The zero-order valence-corrected chi connectivity index (χ0v) is 12.0. The number of aromatic nitrogens is 1. The van der Waals surface area contributed by atoms with Gasteiger partial charge in [0, 0.05) is 5.56 Å². The second kappa shape index (κ2) is 6.13. The van der Waals surface area contributed by atoms with Crippen LogP contribution < -0.4 is 10.5 Å². The van der Waals surface area contributed by atoms with Crippen molar-refractivity contribution in [3.05, 3.63) is 40.4 Å². The lowest BCUT2D eigenvalue weighted by atomic mass is 10.1. The van der Waals surface area contributed by atoms with Gasteiger partial charge in [-0.15, -0.1) is 0 Å². The van der Waals surface area contributed by atoms with Crippen molar-refractivity contribution >= 4 is 29.0 Å². The van der Waals surface area contributed by atoms with E-state index >= 15 is 0 Å². The number of nitrogens with zero attached hydrogens (tertiary/aromatic N) is 1. The van der Waals surface area contributed by atoms with Crippen LogP contribution in [0.1, 0.15) is 13.3 Å². The number of nitrogens with two attached hydrogens (primary N) is 1. The summed E-state index contributed by atoms with van der Waals surface area (Å²) in [5, 5.41) is 0.799. The third-order valence-electron chi connectivity index (χ3n) is 2.56. The van der Waals surface area contributed by atoms with Gasteiger partial charge in [-0.2, -0.15) is 0 Å². The summed E-state index contributed by atoms with van der Waals surface area (Å²) < 4.78 is 5.69. The number of hydrogen-bond acceptors (Lipinski definition) is 3. The molecule has 1 aromatic carbocycles. The fourth-order valence-corrected chi connectivity index (χ4v) is 2.13. The maximum atomic E-state index is 6.18. The summed E-state index contributed by atoms with van der Waals surface area (Å²) in [4.78, 5) is 4.25. The molecule has 0 saturated heterocycles. The Balaban J connectivity index is 2.49. The zero-order chi connectivity index (χ0) is 13.8. The highest BCUT2D eigenvalue weighted by atomic mass is 35.5. The summed E-state index contributed by atoms with van der Waals surface area (Å²) in [7, 11) is 0. The summed E-state index contributed by atoms with van der Waals surface area (Å²) in [6.07, 6.45) is 0.929. The number of rotatable bonds is 4. The van der Waals surface area contributed by atoms with Gasteiger partial charge in [-0.25, -0.2) is 4.98 Å². The van der Waals surface area contributed by atoms with Crippen molar-refractivity contribution in [1.29, 1.82) is 0 Å².